The third-order valence-electron chi connectivity index (χ3n) is 8.35. The molecule has 1 aromatic rings. The molecule has 5 aliphatic heterocycles. The Morgan fingerprint density at radius 1 is 0.575 bits per heavy atom. The Morgan fingerprint density at radius 3 is 1.85 bits per heavy atom. The lowest BCUT2D eigenvalue weighted by molar-refractivity contribution is 0.862. The Hall–Kier alpha value is -4.25. The molecule has 0 aromatic heterocycles. The zero-order valence-corrected chi connectivity index (χ0v) is 24.4. The molecule has 6 rings (SSSR count). The first-order chi connectivity index (χ1) is 19.4. The van der Waals surface area contributed by atoms with Crippen LogP contribution in [0.1, 0.15) is 67.2 Å². The number of para-hydroxylation sites is 1. The zero-order chi connectivity index (χ0) is 28.0. The Labute approximate surface area is 237 Å². The van der Waals surface area contributed by atoms with Crippen molar-refractivity contribution in [3.8, 4) is 0 Å². The summed E-state index contributed by atoms with van der Waals surface area (Å²) in [5.41, 5.74) is 20.5. The fourth-order valence-electron chi connectivity index (χ4n) is 6.24. The fourth-order valence-corrected chi connectivity index (χ4v) is 6.24. The van der Waals surface area contributed by atoms with Crippen molar-refractivity contribution in [2.45, 2.75) is 67.2 Å². The predicted molar refractivity (Wildman–Crippen MR) is 168 cm³/mol. The van der Waals surface area contributed by atoms with Crippen molar-refractivity contribution in [3.05, 3.63) is 123 Å². The molecule has 0 amide bonds. The minimum Gasteiger partial charge on any atom is -0.294 e. The molecule has 0 aliphatic carbocycles. The molecule has 202 valence electrons. The fraction of sp³-hybridized carbons (Fsp3) is 0.286. The van der Waals surface area contributed by atoms with Gasteiger partial charge in [0.25, 0.3) is 0 Å². The molecule has 5 heteroatoms. The topological polar surface area (TPSA) is 52.4 Å². The van der Waals surface area contributed by atoms with Crippen molar-refractivity contribution in [1.82, 2.24) is 5.43 Å². The molecule has 0 radical (unpaired) electrons. The van der Waals surface area contributed by atoms with E-state index in [0.717, 1.165) is 77.0 Å². The van der Waals surface area contributed by atoms with Crippen LogP contribution in [0.4, 0.5) is 5.69 Å². The number of nitrogens with one attached hydrogen (secondary N) is 1. The lowest BCUT2D eigenvalue weighted by Gasteiger charge is -2.21. The van der Waals surface area contributed by atoms with E-state index in [1.54, 1.807) is 0 Å². The molecule has 0 saturated heterocycles. The normalized spacial score (nSPS) is 20.2. The van der Waals surface area contributed by atoms with Crippen LogP contribution < -0.4 is 10.4 Å². The predicted octanol–water partition coefficient (Wildman–Crippen LogP) is 8.38. The second kappa shape index (κ2) is 10.4. The second-order valence-electron chi connectivity index (χ2n) is 10.6. The summed E-state index contributed by atoms with van der Waals surface area (Å²) in [4.78, 5) is 15.5. The summed E-state index contributed by atoms with van der Waals surface area (Å²) >= 11 is 0. The molecular weight excluding hydrogens is 490 g/mol. The number of hydrogen-bond acceptors (Lipinski definition) is 5. The van der Waals surface area contributed by atoms with E-state index in [1.165, 1.54) is 33.4 Å². The number of allylic oxidation sites excluding steroid dienone is 11. The van der Waals surface area contributed by atoms with Crippen LogP contribution in [0.25, 0.3) is 0 Å². The van der Waals surface area contributed by atoms with Gasteiger partial charge in [0.2, 0.25) is 0 Å². The second-order valence-corrected chi connectivity index (χ2v) is 10.6. The largest absolute Gasteiger partial charge is 0.294 e. The van der Waals surface area contributed by atoms with Crippen molar-refractivity contribution in [2.75, 3.05) is 5.01 Å². The number of rotatable bonds is 5. The van der Waals surface area contributed by atoms with Gasteiger partial charge in [0.15, 0.2) is 0 Å². The number of aliphatic imine (C=N–C) groups is 3. The van der Waals surface area contributed by atoms with E-state index in [1.807, 2.05) is 6.07 Å². The molecule has 8 bridgehead atoms. The van der Waals surface area contributed by atoms with Crippen LogP contribution in [-0.2, 0) is 0 Å². The van der Waals surface area contributed by atoms with Crippen molar-refractivity contribution in [1.29, 1.82) is 0 Å². The number of nitrogens with zero attached hydrogens (tertiary/aromatic N) is 4. The van der Waals surface area contributed by atoms with Crippen molar-refractivity contribution < 1.29 is 0 Å². The highest BCUT2D eigenvalue weighted by Crippen LogP contribution is 2.37. The van der Waals surface area contributed by atoms with Gasteiger partial charge in [-0.2, -0.15) is 0 Å². The van der Waals surface area contributed by atoms with E-state index in [-0.39, 0.29) is 0 Å². The Morgan fingerprint density at radius 2 is 1.18 bits per heavy atom. The quantitative estimate of drug-likeness (QED) is 0.418. The summed E-state index contributed by atoms with van der Waals surface area (Å²) in [6.07, 6.45) is 14.7. The smallest absolute Gasteiger partial charge is 0.0694 e. The Bertz CT molecular complexity index is 1640. The molecular formula is C35H37N5. The van der Waals surface area contributed by atoms with E-state index in [2.05, 4.69) is 107 Å². The third-order valence-corrected chi connectivity index (χ3v) is 8.35. The van der Waals surface area contributed by atoms with Gasteiger partial charge in [-0.3, -0.25) is 10.4 Å². The van der Waals surface area contributed by atoms with E-state index in [4.69, 9.17) is 15.0 Å². The van der Waals surface area contributed by atoms with Crippen LogP contribution in [0.15, 0.2) is 138 Å². The Balaban J connectivity index is 1.60. The lowest BCUT2D eigenvalue weighted by atomic mass is 9.96. The SMILES string of the molecule is CCC1=C(C)C2=NC1=CC1=NC(=CC3=NC(=CC4=CC(=C2)N(c2ccccc2)N4)C(C)=C3CC)C(CC)=C1CC. The molecule has 40 heavy (non-hydrogen) atoms. The van der Waals surface area contributed by atoms with Crippen LogP contribution in [0.3, 0.4) is 0 Å². The summed E-state index contributed by atoms with van der Waals surface area (Å²) in [7, 11) is 0. The van der Waals surface area contributed by atoms with E-state index in [0.29, 0.717) is 0 Å². The maximum absolute atomic E-state index is 5.20. The summed E-state index contributed by atoms with van der Waals surface area (Å²) in [6.45, 7) is 13.3. The molecule has 0 spiro atoms. The van der Waals surface area contributed by atoms with Gasteiger partial charge in [0.05, 0.1) is 51.3 Å². The molecule has 0 unspecified atom stereocenters. The minimum absolute atomic E-state index is 0.921. The first-order valence-electron chi connectivity index (χ1n) is 14.6. The highest BCUT2D eigenvalue weighted by atomic mass is 15.5. The van der Waals surface area contributed by atoms with Crippen LogP contribution in [0.2, 0.25) is 0 Å². The standard InChI is InChI=1S/C35H37N5/c1-7-26-21(5)30-17-23-16-25(40(39-23)24-14-12-11-13-15-24)18-31-22(6)27(8-2)33(37-31)20-35-29(10-4)28(9-3)34(38-35)19-32(26)36-30/h11-20,39H,7-10H2,1-6H3. The molecule has 5 aliphatic rings. The van der Waals surface area contributed by atoms with Gasteiger partial charge in [-0.05, 0) is 115 Å². The number of anilines is 1. The molecule has 5 heterocycles. The summed E-state index contributed by atoms with van der Waals surface area (Å²) in [5.74, 6) is 0. The highest BCUT2D eigenvalue weighted by Gasteiger charge is 2.28. The Kier molecular flexibility index (Phi) is 6.75. The van der Waals surface area contributed by atoms with Gasteiger partial charge in [0.1, 0.15) is 0 Å². The number of hydrazine groups is 1. The van der Waals surface area contributed by atoms with Crippen LogP contribution in [-0.4, -0.2) is 17.1 Å². The molecule has 0 atom stereocenters. The lowest BCUT2D eigenvalue weighted by Crippen LogP contribution is -2.30. The third kappa shape index (κ3) is 4.30. The summed E-state index contributed by atoms with van der Waals surface area (Å²) in [6, 6.07) is 10.4. The number of fused-ring (bicyclic) bond motifs is 4. The first kappa shape index (κ1) is 26.0. The average Bonchev–Trinajstić information content (AvgIpc) is 3.67. The first-order valence-corrected chi connectivity index (χ1v) is 14.6. The van der Waals surface area contributed by atoms with Gasteiger partial charge in [-0.15, -0.1) is 0 Å². The molecule has 5 nitrogen and oxygen atoms in total. The monoisotopic (exact) mass is 527 g/mol. The van der Waals surface area contributed by atoms with Crippen LogP contribution >= 0.6 is 0 Å². The van der Waals surface area contributed by atoms with E-state index in [9.17, 15) is 0 Å². The highest BCUT2D eigenvalue weighted by molar-refractivity contribution is 6.18. The molecule has 1 N–H and O–H groups in total. The number of benzene rings is 1. The van der Waals surface area contributed by atoms with Gasteiger partial charge >= 0.3 is 0 Å². The summed E-state index contributed by atoms with van der Waals surface area (Å²) in [5, 5.41) is 2.13. The zero-order valence-electron chi connectivity index (χ0n) is 24.4. The van der Waals surface area contributed by atoms with Crippen LogP contribution in [0.5, 0.6) is 0 Å². The van der Waals surface area contributed by atoms with Gasteiger partial charge in [0, 0.05) is 0 Å². The van der Waals surface area contributed by atoms with Gasteiger partial charge in [-0.1, -0.05) is 45.9 Å². The van der Waals surface area contributed by atoms with Gasteiger partial charge < -0.3 is 0 Å². The molecule has 0 saturated carbocycles. The molecule has 1 aromatic carbocycles. The van der Waals surface area contributed by atoms with Crippen molar-refractivity contribution in [3.63, 3.8) is 0 Å². The average molecular weight is 528 g/mol. The van der Waals surface area contributed by atoms with Crippen molar-refractivity contribution >= 4 is 22.8 Å². The summed E-state index contributed by atoms with van der Waals surface area (Å²) < 4.78 is 0. The van der Waals surface area contributed by atoms with E-state index < -0.39 is 0 Å². The van der Waals surface area contributed by atoms with Crippen LogP contribution in [0, 0.1) is 0 Å². The van der Waals surface area contributed by atoms with Crippen molar-refractivity contribution in [2.24, 2.45) is 15.0 Å². The van der Waals surface area contributed by atoms with E-state index >= 15 is 0 Å². The minimum atomic E-state index is 0.921. The molecule has 0 fully saturated rings. The van der Waals surface area contributed by atoms with Gasteiger partial charge in [-0.25, -0.2) is 15.0 Å². The number of hydrogen-bond donors (Lipinski definition) is 1. The maximum Gasteiger partial charge on any atom is 0.0694 e. The maximum atomic E-state index is 5.20.